The highest BCUT2D eigenvalue weighted by atomic mass is 32.2. The molecule has 0 spiro atoms. The third-order valence-electron chi connectivity index (χ3n) is 32.7. The van der Waals surface area contributed by atoms with E-state index in [4.69, 9.17) is 18.9 Å². The summed E-state index contributed by atoms with van der Waals surface area (Å²) < 4.78 is 24.9. The maximum Gasteiger partial charge on any atom is 0.306 e. The molecule has 12 nitrogen and oxygen atoms in total. The molecule has 0 heterocycles. The molecule has 8 aliphatic rings. The van der Waals surface area contributed by atoms with Crippen molar-refractivity contribution < 1.29 is 58.6 Å². The molecule has 4 N–H and O–H groups in total. The predicted octanol–water partition coefficient (Wildman–Crippen LogP) is 27.8. The van der Waals surface area contributed by atoms with Crippen LogP contribution in [0.4, 0.5) is 0 Å². The third-order valence-corrected chi connectivity index (χ3v) is 37.0. The van der Waals surface area contributed by atoms with E-state index in [1.165, 1.54) is 228 Å². The Labute approximate surface area is 772 Å². The van der Waals surface area contributed by atoms with Crippen LogP contribution in [0, 0.1) is 5.41 Å². The molecule has 696 valence electrons. The molecule has 0 bridgehead atoms. The van der Waals surface area contributed by atoms with E-state index in [1.54, 1.807) is 47.0 Å². The van der Waals surface area contributed by atoms with Crippen LogP contribution in [0.2, 0.25) is 0 Å². The van der Waals surface area contributed by atoms with Crippen LogP contribution in [0.1, 0.15) is 430 Å². The second kappa shape index (κ2) is 46.6. The van der Waals surface area contributed by atoms with Gasteiger partial charge in [0.2, 0.25) is 0 Å². The van der Waals surface area contributed by atoms with Crippen LogP contribution in [0.15, 0.2) is 48.5 Å². The first-order valence-corrected chi connectivity index (χ1v) is 55.1. The van der Waals surface area contributed by atoms with Gasteiger partial charge in [0.25, 0.3) is 0 Å². The summed E-state index contributed by atoms with van der Waals surface area (Å²) in [7, 11) is 0. The number of carbonyl (C=O) groups excluding carboxylic acids is 4. The van der Waals surface area contributed by atoms with Crippen molar-refractivity contribution in [3.63, 3.8) is 0 Å². The van der Waals surface area contributed by atoms with Crippen molar-refractivity contribution in [2.45, 2.75) is 433 Å². The molecule has 0 unspecified atom stereocenters. The van der Waals surface area contributed by atoms with Crippen molar-refractivity contribution >= 4 is 70.9 Å². The largest absolute Gasteiger partial charge is 0.507 e. The number of ether oxygens (including phenoxy) is 4. The molecule has 0 aromatic heterocycles. The summed E-state index contributed by atoms with van der Waals surface area (Å²) in [4.78, 5) is 56.9. The van der Waals surface area contributed by atoms with E-state index in [9.17, 15) is 39.6 Å². The van der Waals surface area contributed by atoms with Gasteiger partial charge in [0.15, 0.2) is 0 Å². The summed E-state index contributed by atoms with van der Waals surface area (Å²) in [5.74, 6) is 5.18. The van der Waals surface area contributed by atoms with Crippen molar-refractivity contribution in [2.24, 2.45) is 5.41 Å². The van der Waals surface area contributed by atoms with Gasteiger partial charge in [-0.3, -0.25) is 19.2 Å². The number of esters is 4. The van der Waals surface area contributed by atoms with E-state index in [0.29, 0.717) is 46.0 Å². The van der Waals surface area contributed by atoms with Gasteiger partial charge in [0, 0.05) is 45.3 Å². The third kappa shape index (κ3) is 26.9. The van der Waals surface area contributed by atoms with E-state index in [2.05, 4.69) is 104 Å². The first-order chi connectivity index (χ1) is 60.1. The van der Waals surface area contributed by atoms with E-state index < -0.39 is 29.3 Å². The Kier molecular flexibility index (Phi) is 37.1. The van der Waals surface area contributed by atoms with Crippen LogP contribution in [-0.2, 0) is 107 Å². The summed E-state index contributed by atoms with van der Waals surface area (Å²) in [6, 6.07) is 18.7. The Morgan fingerprint density at radius 2 is 0.424 bits per heavy atom. The smallest absolute Gasteiger partial charge is 0.306 e. The number of carbonyl (C=O) groups is 4. The van der Waals surface area contributed by atoms with E-state index in [-0.39, 0.29) is 95.4 Å². The molecule has 0 aliphatic heterocycles. The van der Waals surface area contributed by atoms with Crippen LogP contribution >= 0.6 is 47.0 Å². The number of hydrogen-bond acceptors (Lipinski definition) is 16. The molecule has 0 atom stereocenters. The summed E-state index contributed by atoms with van der Waals surface area (Å²) in [6.07, 6.45) is 54.2. The van der Waals surface area contributed by atoms with Gasteiger partial charge in [-0.1, -0.05) is 258 Å². The number of rotatable bonds is 44. The lowest BCUT2D eigenvalue weighted by Crippen LogP contribution is -2.44. The number of hydrogen-bond donors (Lipinski definition) is 4. The number of thioether (sulfide) groups is 4. The average Bonchev–Trinajstić information content (AvgIpc) is 0.775. The Morgan fingerprint density at radius 1 is 0.256 bits per heavy atom. The van der Waals surface area contributed by atoms with Gasteiger partial charge >= 0.3 is 23.9 Å². The first kappa shape index (κ1) is 99.4. The monoisotopic (exact) mass is 1790 g/mol. The molecule has 0 saturated heterocycles. The lowest BCUT2D eigenvalue weighted by molar-refractivity contribution is -0.170. The van der Waals surface area contributed by atoms with Gasteiger partial charge in [-0.25, -0.2) is 0 Å². The summed E-state index contributed by atoms with van der Waals surface area (Å²) in [5, 5.41) is 48.5. The lowest BCUT2D eigenvalue weighted by Gasteiger charge is -2.39. The molecule has 16 heteroatoms. The second-order valence-electron chi connectivity index (χ2n) is 43.1. The minimum absolute atomic E-state index is 0.0436. The topological polar surface area (TPSA) is 186 Å². The molecule has 4 aromatic carbocycles. The van der Waals surface area contributed by atoms with Gasteiger partial charge in [-0.2, -0.15) is 47.0 Å². The molecule has 0 amide bonds. The van der Waals surface area contributed by atoms with Gasteiger partial charge in [-0.15, -0.1) is 0 Å². The SMILES string of the molecule is CC1(c2cc(CCCSCCC(=O)OCC(COC(=O)CCSCCCc3cc(C4(C)CCCCC4)cc(C4(C)CCCCC4)c3O)(COC(=O)CCSCCCc3cc(C4(C)CCCCC4)cc(C4(C)CCCCC4)c3O)COC(=O)CCSCCCc3cc(C4(C)CCCCC4)cc(C4(C)CCCCC4)c3O)c(O)c(C3(C)CCCCC3)c2)CCCCC1. The number of aromatic hydroxyl groups is 4. The van der Waals surface area contributed by atoms with Crippen LogP contribution in [-0.4, -0.2) is 117 Å². The number of benzene rings is 4. The summed E-state index contributed by atoms with van der Waals surface area (Å²) in [6.45, 7) is 17.9. The molecular weight excluding hydrogens is 1630 g/mol. The normalized spacial score (nSPS) is 20.9. The van der Waals surface area contributed by atoms with Crippen LogP contribution in [0.3, 0.4) is 0 Å². The average molecular weight is 1790 g/mol. The molecule has 4 aromatic rings. The highest BCUT2D eigenvalue weighted by Crippen LogP contribution is 2.54. The lowest BCUT2D eigenvalue weighted by atomic mass is 9.66. The highest BCUT2D eigenvalue weighted by molar-refractivity contribution is 7.99. The number of aryl methyl sites for hydroxylation is 4. The molecular formula is C109H164O12S4. The zero-order valence-electron chi connectivity index (χ0n) is 79.1. The Balaban J connectivity index is 0.710. The minimum Gasteiger partial charge on any atom is -0.507 e. The predicted molar refractivity (Wildman–Crippen MR) is 523 cm³/mol. The fraction of sp³-hybridized carbons (Fsp3) is 0.743. The Bertz CT molecular complexity index is 3590. The van der Waals surface area contributed by atoms with Crippen molar-refractivity contribution in [1.29, 1.82) is 0 Å². The first-order valence-electron chi connectivity index (χ1n) is 50.5. The van der Waals surface area contributed by atoms with Crippen molar-refractivity contribution in [3.05, 3.63) is 115 Å². The fourth-order valence-corrected chi connectivity index (χ4v) is 27.1. The molecule has 12 rings (SSSR count). The maximum atomic E-state index is 14.2. The maximum absolute atomic E-state index is 14.2. The van der Waals surface area contributed by atoms with Crippen molar-refractivity contribution in [2.75, 3.05) is 72.5 Å². The zero-order valence-corrected chi connectivity index (χ0v) is 82.3. The molecule has 8 saturated carbocycles. The van der Waals surface area contributed by atoms with E-state index >= 15 is 0 Å². The van der Waals surface area contributed by atoms with Crippen molar-refractivity contribution in [1.82, 2.24) is 0 Å². The zero-order chi connectivity index (χ0) is 88.6. The number of phenols is 4. The standard InChI is InChI=1S/C109H164O12S4/c1-101(45-17-9-18-46-101)85-69-81(97(114)89(73-85)105(5)53-25-13-26-54-105)37-33-61-122-65-41-93(110)118-77-109(78-119-94(111)42-66-123-62-34-38-82-70-86(102(2)47-19-10-20-48-102)74-90(98(82)115)106(6)55-27-14-28-56-106,79-120-95(112)43-67-124-63-35-39-83-71-87(103(3)49-21-11-22-50-103)75-91(99(83)116)107(7)57-29-15-30-58-107)80-121-96(113)44-68-125-64-36-40-84-72-88(104(4)51-23-12-24-52-104)76-92(100(84)117)108(8)59-31-16-32-60-108/h69-76,114-117H,9-68,77-80H2,1-8H3. The van der Waals surface area contributed by atoms with Crippen LogP contribution in [0.5, 0.6) is 23.0 Å². The fourth-order valence-electron chi connectivity index (χ4n) is 23.6. The number of phenolic OH excluding ortho intramolecular Hbond substituents is 4. The van der Waals surface area contributed by atoms with E-state index in [0.717, 1.165) is 170 Å². The second-order valence-corrected chi connectivity index (χ2v) is 48.0. The molecule has 125 heavy (non-hydrogen) atoms. The molecule has 0 radical (unpaired) electrons. The summed E-state index contributed by atoms with van der Waals surface area (Å²) in [5.41, 5.74) is 12.9. The highest BCUT2D eigenvalue weighted by Gasteiger charge is 2.44. The summed E-state index contributed by atoms with van der Waals surface area (Å²) >= 11 is 6.74. The Hall–Kier alpha value is -4.64. The minimum atomic E-state index is -1.44. The van der Waals surface area contributed by atoms with Crippen molar-refractivity contribution in [3.8, 4) is 23.0 Å². The van der Waals surface area contributed by atoms with Crippen LogP contribution < -0.4 is 0 Å². The van der Waals surface area contributed by atoms with E-state index in [1.807, 2.05) is 0 Å². The van der Waals surface area contributed by atoms with Gasteiger partial charge < -0.3 is 39.4 Å². The molecule has 8 fully saturated rings. The Morgan fingerprint density at radius 3 is 0.600 bits per heavy atom. The van der Waals surface area contributed by atoms with Crippen LogP contribution in [0.25, 0.3) is 0 Å². The van der Waals surface area contributed by atoms with Gasteiger partial charge in [0.1, 0.15) is 54.8 Å². The quantitative estimate of drug-likeness (QED) is 0.0186. The molecule has 8 aliphatic carbocycles. The van der Waals surface area contributed by atoms with Gasteiger partial charge in [0.05, 0.1) is 25.7 Å². The van der Waals surface area contributed by atoms with Gasteiger partial charge in [-0.05, 0) is 265 Å².